The lowest BCUT2D eigenvalue weighted by Crippen LogP contribution is -2.29. The fraction of sp³-hybridized carbons (Fsp3) is 0.208. The molecule has 0 fully saturated rings. The second kappa shape index (κ2) is 8.12. The van der Waals surface area contributed by atoms with Gasteiger partial charge in [0.2, 0.25) is 0 Å². The molecule has 5 aromatic rings. The minimum atomic E-state index is -0.221. The van der Waals surface area contributed by atoms with Crippen LogP contribution in [-0.2, 0) is 13.0 Å². The van der Waals surface area contributed by atoms with Gasteiger partial charge in [-0.1, -0.05) is 29.8 Å². The molecule has 32 heavy (non-hydrogen) atoms. The van der Waals surface area contributed by atoms with Crippen LogP contribution in [-0.4, -0.2) is 25.9 Å². The normalized spacial score (nSPS) is 11.4. The van der Waals surface area contributed by atoms with Gasteiger partial charge >= 0.3 is 5.69 Å². The molecule has 2 aromatic carbocycles. The van der Waals surface area contributed by atoms with Crippen LogP contribution in [0.1, 0.15) is 22.4 Å². The summed E-state index contributed by atoms with van der Waals surface area (Å²) in [6.45, 7) is 5.30. The van der Waals surface area contributed by atoms with Crippen molar-refractivity contribution in [3.8, 4) is 0 Å². The summed E-state index contributed by atoms with van der Waals surface area (Å²) in [6, 6.07) is 14.3. The van der Waals surface area contributed by atoms with Crippen molar-refractivity contribution in [2.24, 2.45) is 0 Å². The molecular weight excluding hydrogens is 422 g/mol. The van der Waals surface area contributed by atoms with E-state index in [4.69, 9.17) is 0 Å². The number of nitrogens with zero attached hydrogens (tertiary/aromatic N) is 3. The molecule has 3 aromatic heterocycles. The molecular formula is C24H23N5O2S. The Balaban J connectivity index is 1.49. The third-order valence-electron chi connectivity index (χ3n) is 5.76. The van der Waals surface area contributed by atoms with E-state index in [1.807, 2.05) is 30.5 Å². The Kier molecular flexibility index (Phi) is 5.14. The van der Waals surface area contributed by atoms with Gasteiger partial charge < -0.3 is 14.9 Å². The van der Waals surface area contributed by atoms with Crippen molar-refractivity contribution in [1.82, 2.24) is 19.4 Å². The topological polar surface area (TPSA) is 86.3 Å². The van der Waals surface area contributed by atoms with Gasteiger partial charge in [0.15, 0.2) is 4.96 Å². The van der Waals surface area contributed by atoms with Gasteiger partial charge in [-0.15, -0.1) is 11.3 Å². The van der Waals surface area contributed by atoms with Crippen LogP contribution in [0.25, 0.3) is 16.0 Å². The number of aromatic amines is 2. The molecule has 0 spiro atoms. The quantitative estimate of drug-likeness (QED) is 0.416. The van der Waals surface area contributed by atoms with Crippen LogP contribution >= 0.6 is 11.3 Å². The molecule has 5 rings (SSSR count). The molecule has 0 saturated heterocycles. The molecule has 0 amide bonds. The van der Waals surface area contributed by atoms with E-state index in [1.165, 1.54) is 22.5 Å². The zero-order valence-electron chi connectivity index (χ0n) is 17.9. The number of imidazole rings is 1. The Morgan fingerprint density at radius 2 is 1.81 bits per heavy atom. The molecule has 0 aliphatic carbocycles. The highest BCUT2D eigenvalue weighted by molar-refractivity contribution is 7.15. The number of aryl methyl sites for hydroxylation is 2. The average Bonchev–Trinajstić information content (AvgIpc) is 3.39. The van der Waals surface area contributed by atoms with Gasteiger partial charge in [0.25, 0.3) is 5.56 Å². The molecule has 0 radical (unpaired) electrons. The van der Waals surface area contributed by atoms with Gasteiger partial charge in [-0.05, 0) is 44.0 Å². The van der Waals surface area contributed by atoms with Crippen LogP contribution in [0.2, 0.25) is 0 Å². The summed E-state index contributed by atoms with van der Waals surface area (Å²) in [4.78, 5) is 37.9. The first-order valence-corrected chi connectivity index (χ1v) is 11.3. The van der Waals surface area contributed by atoms with Crippen molar-refractivity contribution in [3.63, 3.8) is 0 Å². The zero-order chi connectivity index (χ0) is 22.2. The monoisotopic (exact) mass is 445 g/mol. The molecule has 0 bridgehead atoms. The summed E-state index contributed by atoms with van der Waals surface area (Å²) in [6.07, 6.45) is 2.35. The maximum Gasteiger partial charge on any atom is 0.323 e. The molecule has 0 aliphatic rings. The van der Waals surface area contributed by atoms with Gasteiger partial charge in [-0.25, -0.2) is 9.78 Å². The van der Waals surface area contributed by atoms with Crippen molar-refractivity contribution in [1.29, 1.82) is 0 Å². The average molecular weight is 446 g/mol. The molecule has 8 heteroatoms. The first-order valence-electron chi connectivity index (χ1n) is 10.5. The van der Waals surface area contributed by atoms with Gasteiger partial charge in [0, 0.05) is 41.6 Å². The van der Waals surface area contributed by atoms with Crippen LogP contribution in [0, 0.1) is 13.8 Å². The van der Waals surface area contributed by atoms with E-state index in [9.17, 15) is 9.59 Å². The largest absolute Gasteiger partial charge is 0.367 e. The zero-order valence-corrected chi connectivity index (χ0v) is 18.7. The highest BCUT2D eigenvalue weighted by atomic mass is 32.1. The molecule has 0 atom stereocenters. The number of anilines is 1. The highest BCUT2D eigenvalue weighted by Crippen LogP contribution is 2.22. The Morgan fingerprint density at radius 1 is 1.03 bits per heavy atom. The van der Waals surface area contributed by atoms with Crippen molar-refractivity contribution >= 4 is 33.0 Å². The predicted molar refractivity (Wildman–Crippen MR) is 129 cm³/mol. The van der Waals surface area contributed by atoms with Crippen molar-refractivity contribution in [3.05, 3.63) is 97.3 Å². The summed E-state index contributed by atoms with van der Waals surface area (Å²) in [5, 5.41) is 1.88. The molecule has 2 N–H and O–H groups in total. The van der Waals surface area contributed by atoms with E-state index in [1.54, 1.807) is 10.6 Å². The van der Waals surface area contributed by atoms with Gasteiger partial charge in [-0.3, -0.25) is 9.20 Å². The number of hydrogen-bond donors (Lipinski definition) is 2. The Bertz CT molecular complexity index is 1520. The van der Waals surface area contributed by atoms with Crippen LogP contribution in [0.4, 0.5) is 5.69 Å². The first-order chi connectivity index (χ1) is 15.5. The molecule has 0 unspecified atom stereocenters. The first kappa shape index (κ1) is 20.3. The minimum Gasteiger partial charge on any atom is -0.367 e. The van der Waals surface area contributed by atoms with E-state index in [2.05, 4.69) is 51.0 Å². The summed E-state index contributed by atoms with van der Waals surface area (Å²) < 4.78 is 1.62. The smallest absolute Gasteiger partial charge is 0.323 e. The minimum absolute atomic E-state index is 0.00514. The highest BCUT2D eigenvalue weighted by Gasteiger charge is 2.15. The van der Waals surface area contributed by atoms with Crippen molar-refractivity contribution in [2.75, 3.05) is 11.4 Å². The Hall–Kier alpha value is -3.65. The SMILES string of the molecule is Cc1ccc(CN(CCc2c(C)nc3sccn3c2=O)c2ccc3[nH]c(=O)[nH]c3c2)cc1. The number of H-pyrrole nitrogens is 2. The third-order valence-corrected chi connectivity index (χ3v) is 6.51. The number of thiazole rings is 1. The lowest BCUT2D eigenvalue weighted by molar-refractivity contribution is 0.768. The van der Waals surface area contributed by atoms with Crippen molar-refractivity contribution < 1.29 is 0 Å². The van der Waals surface area contributed by atoms with Crippen molar-refractivity contribution in [2.45, 2.75) is 26.8 Å². The maximum atomic E-state index is 13.0. The predicted octanol–water partition coefficient (Wildman–Crippen LogP) is 3.79. The number of rotatable bonds is 6. The van der Waals surface area contributed by atoms with E-state index in [0.29, 0.717) is 19.5 Å². The second-order valence-corrected chi connectivity index (χ2v) is 8.88. The van der Waals surface area contributed by atoms with Crippen LogP contribution in [0.5, 0.6) is 0 Å². The summed E-state index contributed by atoms with van der Waals surface area (Å²) in [5.74, 6) is 0. The summed E-state index contributed by atoms with van der Waals surface area (Å²) in [7, 11) is 0. The maximum absolute atomic E-state index is 13.0. The summed E-state index contributed by atoms with van der Waals surface area (Å²) >= 11 is 1.46. The van der Waals surface area contributed by atoms with Gasteiger partial charge in [-0.2, -0.15) is 0 Å². The standard InChI is InChI=1S/C24H23N5O2S/c1-15-3-5-17(6-4-15)14-28(18-7-8-20-21(13-18)27-23(31)26-20)10-9-19-16(2)25-24-29(22(19)30)11-12-32-24/h3-8,11-13H,9-10,14H2,1-2H3,(H2,26,27,31). The number of hydrogen-bond acceptors (Lipinski definition) is 5. The number of fused-ring (bicyclic) bond motifs is 2. The Morgan fingerprint density at radius 3 is 2.62 bits per heavy atom. The number of aromatic nitrogens is 4. The molecule has 7 nitrogen and oxygen atoms in total. The molecule has 3 heterocycles. The summed E-state index contributed by atoms with van der Waals surface area (Å²) in [5.41, 5.74) is 6.19. The fourth-order valence-electron chi connectivity index (χ4n) is 3.98. The second-order valence-electron chi connectivity index (χ2n) is 8.00. The van der Waals surface area contributed by atoms with Crippen LogP contribution in [0.3, 0.4) is 0 Å². The van der Waals surface area contributed by atoms with E-state index in [0.717, 1.165) is 32.9 Å². The molecule has 0 aliphatic heterocycles. The lowest BCUT2D eigenvalue weighted by Gasteiger charge is -2.25. The molecule has 0 saturated carbocycles. The van der Waals surface area contributed by atoms with Gasteiger partial charge in [0.1, 0.15) is 0 Å². The van der Waals surface area contributed by atoms with Crippen LogP contribution in [0.15, 0.2) is 63.6 Å². The third kappa shape index (κ3) is 3.85. The molecule has 162 valence electrons. The van der Waals surface area contributed by atoms with E-state index >= 15 is 0 Å². The number of nitrogens with one attached hydrogen (secondary N) is 2. The van der Waals surface area contributed by atoms with E-state index in [-0.39, 0.29) is 11.2 Å². The fourth-order valence-corrected chi connectivity index (χ4v) is 4.73. The van der Waals surface area contributed by atoms with E-state index < -0.39 is 0 Å². The van der Waals surface area contributed by atoms with Gasteiger partial charge in [0.05, 0.1) is 11.0 Å². The Labute approximate surface area is 188 Å². The lowest BCUT2D eigenvalue weighted by atomic mass is 10.1. The van der Waals surface area contributed by atoms with Crippen LogP contribution < -0.4 is 16.1 Å². The number of benzene rings is 2.